The van der Waals surface area contributed by atoms with Gasteiger partial charge in [-0.1, -0.05) is 18.2 Å². The molecule has 0 bridgehead atoms. The predicted molar refractivity (Wildman–Crippen MR) is 93.4 cm³/mol. The van der Waals surface area contributed by atoms with Crippen LogP contribution in [0.25, 0.3) is 0 Å². The van der Waals surface area contributed by atoms with Crippen molar-refractivity contribution in [2.24, 2.45) is 0 Å². The first-order valence-electron chi connectivity index (χ1n) is 8.21. The summed E-state index contributed by atoms with van der Waals surface area (Å²) in [5.74, 6) is 0.0710. The van der Waals surface area contributed by atoms with Crippen LogP contribution in [0.4, 0.5) is 0 Å². The van der Waals surface area contributed by atoms with Gasteiger partial charge in [0, 0.05) is 44.8 Å². The number of hydrogen-bond donors (Lipinski definition) is 1. The zero-order valence-electron chi connectivity index (χ0n) is 13.6. The Morgan fingerprint density at radius 1 is 1.04 bits per heavy atom. The molecule has 2 heterocycles. The number of nitrogens with one attached hydrogen (secondary N) is 1. The summed E-state index contributed by atoms with van der Waals surface area (Å²) in [6.45, 7) is 4.43. The summed E-state index contributed by atoms with van der Waals surface area (Å²) in [6.07, 6.45) is 0.407. The maximum atomic E-state index is 12.5. The van der Waals surface area contributed by atoms with Crippen molar-refractivity contribution in [1.82, 2.24) is 15.1 Å². The molecular weight excluding hydrogens is 330 g/mol. The minimum Gasteiger partial charge on any atom is -0.366 e. The molecule has 2 aliphatic rings. The minimum atomic E-state index is -0.389. The van der Waals surface area contributed by atoms with Crippen LogP contribution in [0, 0.1) is 0 Å². The van der Waals surface area contributed by atoms with E-state index in [9.17, 15) is 9.59 Å². The third-order valence-electron chi connectivity index (χ3n) is 4.32. The number of ether oxygens (including phenoxy) is 1. The van der Waals surface area contributed by atoms with E-state index in [-0.39, 0.29) is 30.3 Å². The lowest BCUT2D eigenvalue weighted by molar-refractivity contribution is -0.145. The quantitative estimate of drug-likeness (QED) is 0.853. The molecule has 2 fully saturated rings. The second kappa shape index (κ2) is 9.01. The predicted octanol–water partition coefficient (Wildman–Crippen LogP) is 0.771. The lowest BCUT2D eigenvalue weighted by Crippen LogP contribution is -2.50. The highest BCUT2D eigenvalue weighted by molar-refractivity contribution is 5.94. The van der Waals surface area contributed by atoms with E-state index < -0.39 is 0 Å². The minimum absolute atomic E-state index is 0. The van der Waals surface area contributed by atoms with Crippen molar-refractivity contribution in [3.05, 3.63) is 35.9 Å². The Morgan fingerprint density at radius 2 is 1.75 bits per heavy atom. The SMILES string of the molecule is Cl.O=C(c1ccccc1)N1CCCN(C(=O)C2CNCCO2)CC1. The fourth-order valence-electron chi connectivity index (χ4n) is 3.03. The summed E-state index contributed by atoms with van der Waals surface area (Å²) in [4.78, 5) is 28.7. The molecule has 1 unspecified atom stereocenters. The molecule has 6 nitrogen and oxygen atoms in total. The average Bonchev–Trinajstić information content (AvgIpc) is 2.88. The van der Waals surface area contributed by atoms with Gasteiger partial charge in [-0.15, -0.1) is 12.4 Å². The summed E-state index contributed by atoms with van der Waals surface area (Å²) in [5.41, 5.74) is 0.701. The third-order valence-corrected chi connectivity index (χ3v) is 4.32. The Labute approximate surface area is 148 Å². The van der Waals surface area contributed by atoms with Crippen molar-refractivity contribution >= 4 is 24.2 Å². The van der Waals surface area contributed by atoms with E-state index in [1.165, 1.54) is 0 Å². The van der Waals surface area contributed by atoms with E-state index in [1.807, 2.05) is 40.1 Å². The smallest absolute Gasteiger partial charge is 0.253 e. The van der Waals surface area contributed by atoms with Gasteiger partial charge in [0.25, 0.3) is 11.8 Å². The number of amides is 2. The van der Waals surface area contributed by atoms with Crippen LogP contribution in [0.1, 0.15) is 16.8 Å². The summed E-state index contributed by atoms with van der Waals surface area (Å²) in [7, 11) is 0. The number of halogens is 1. The first-order valence-corrected chi connectivity index (χ1v) is 8.21. The van der Waals surface area contributed by atoms with Crippen molar-refractivity contribution in [2.75, 3.05) is 45.9 Å². The largest absolute Gasteiger partial charge is 0.366 e. The molecule has 2 amide bonds. The van der Waals surface area contributed by atoms with Crippen LogP contribution >= 0.6 is 12.4 Å². The Hall–Kier alpha value is -1.63. The van der Waals surface area contributed by atoms with Gasteiger partial charge in [0.15, 0.2) is 0 Å². The summed E-state index contributed by atoms with van der Waals surface area (Å²) in [6, 6.07) is 9.30. The van der Waals surface area contributed by atoms with E-state index in [0.29, 0.717) is 44.9 Å². The number of rotatable bonds is 2. The van der Waals surface area contributed by atoms with Crippen LogP contribution < -0.4 is 5.32 Å². The Kier molecular flexibility index (Phi) is 7.02. The van der Waals surface area contributed by atoms with Gasteiger partial charge in [0.05, 0.1) is 6.61 Å². The molecule has 2 aliphatic heterocycles. The lowest BCUT2D eigenvalue weighted by Gasteiger charge is -2.29. The Balaban J connectivity index is 0.00000208. The Bertz CT molecular complexity index is 549. The molecule has 0 saturated carbocycles. The zero-order chi connectivity index (χ0) is 16.1. The van der Waals surface area contributed by atoms with Crippen molar-refractivity contribution < 1.29 is 14.3 Å². The van der Waals surface area contributed by atoms with Crippen LogP contribution in [0.5, 0.6) is 0 Å². The fraction of sp³-hybridized carbons (Fsp3) is 0.529. The molecule has 3 rings (SSSR count). The molecule has 24 heavy (non-hydrogen) atoms. The molecular formula is C17H24ClN3O3. The molecule has 1 aromatic carbocycles. The number of benzene rings is 1. The van der Waals surface area contributed by atoms with Crippen molar-refractivity contribution in [3.63, 3.8) is 0 Å². The van der Waals surface area contributed by atoms with Gasteiger partial charge < -0.3 is 19.9 Å². The van der Waals surface area contributed by atoms with Crippen molar-refractivity contribution in [1.29, 1.82) is 0 Å². The maximum Gasteiger partial charge on any atom is 0.253 e. The second-order valence-electron chi connectivity index (χ2n) is 5.90. The Morgan fingerprint density at radius 3 is 2.46 bits per heavy atom. The molecule has 7 heteroatoms. The molecule has 132 valence electrons. The van der Waals surface area contributed by atoms with Crippen LogP contribution in [0.15, 0.2) is 30.3 Å². The van der Waals surface area contributed by atoms with Crippen molar-refractivity contribution in [2.45, 2.75) is 12.5 Å². The average molecular weight is 354 g/mol. The molecule has 0 aliphatic carbocycles. The standard InChI is InChI=1S/C17H23N3O3.ClH/c21-16(14-5-2-1-3-6-14)19-8-4-9-20(11-10-19)17(22)15-13-18-7-12-23-15;/h1-3,5-6,15,18H,4,7-13H2;1H. The van der Waals surface area contributed by atoms with Gasteiger partial charge in [-0.05, 0) is 18.6 Å². The maximum absolute atomic E-state index is 12.5. The fourth-order valence-corrected chi connectivity index (χ4v) is 3.03. The van der Waals surface area contributed by atoms with E-state index in [1.54, 1.807) is 0 Å². The number of carbonyl (C=O) groups is 2. The van der Waals surface area contributed by atoms with Gasteiger partial charge in [-0.3, -0.25) is 9.59 Å². The molecule has 0 radical (unpaired) electrons. The van der Waals surface area contributed by atoms with Crippen LogP contribution in [-0.2, 0) is 9.53 Å². The van der Waals surface area contributed by atoms with Crippen LogP contribution in [-0.4, -0.2) is 73.6 Å². The van der Waals surface area contributed by atoms with Gasteiger partial charge in [-0.25, -0.2) is 0 Å². The van der Waals surface area contributed by atoms with E-state index in [0.717, 1.165) is 13.0 Å². The van der Waals surface area contributed by atoms with Crippen LogP contribution in [0.3, 0.4) is 0 Å². The van der Waals surface area contributed by atoms with Gasteiger partial charge in [0.1, 0.15) is 6.10 Å². The first-order chi connectivity index (χ1) is 11.3. The molecule has 1 atom stereocenters. The normalized spacial score (nSPS) is 21.6. The zero-order valence-corrected chi connectivity index (χ0v) is 14.5. The van der Waals surface area contributed by atoms with E-state index in [4.69, 9.17) is 4.74 Å². The lowest BCUT2D eigenvalue weighted by atomic mass is 10.2. The van der Waals surface area contributed by atoms with Crippen molar-refractivity contribution in [3.8, 4) is 0 Å². The number of nitrogens with zero attached hydrogens (tertiary/aromatic N) is 2. The number of hydrogen-bond acceptors (Lipinski definition) is 4. The molecule has 1 aromatic rings. The first kappa shape index (κ1) is 18.7. The highest BCUT2D eigenvalue weighted by Crippen LogP contribution is 2.11. The van der Waals surface area contributed by atoms with Crippen LogP contribution in [0.2, 0.25) is 0 Å². The molecule has 1 N–H and O–H groups in total. The monoisotopic (exact) mass is 353 g/mol. The number of carbonyl (C=O) groups excluding carboxylic acids is 2. The summed E-state index contributed by atoms with van der Waals surface area (Å²) >= 11 is 0. The summed E-state index contributed by atoms with van der Waals surface area (Å²) in [5, 5.41) is 3.18. The highest BCUT2D eigenvalue weighted by Gasteiger charge is 2.29. The molecule has 0 spiro atoms. The summed E-state index contributed by atoms with van der Waals surface area (Å²) < 4.78 is 5.54. The van der Waals surface area contributed by atoms with Gasteiger partial charge in [-0.2, -0.15) is 0 Å². The molecule has 0 aromatic heterocycles. The second-order valence-corrected chi connectivity index (χ2v) is 5.90. The van der Waals surface area contributed by atoms with Gasteiger partial charge in [0.2, 0.25) is 0 Å². The number of morpholine rings is 1. The van der Waals surface area contributed by atoms with Gasteiger partial charge >= 0.3 is 0 Å². The van der Waals surface area contributed by atoms with E-state index >= 15 is 0 Å². The molecule has 2 saturated heterocycles. The van der Waals surface area contributed by atoms with E-state index in [2.05, 4.69) is 5.32 Å². The third kappa shape index (κ3) is 4.47. The topological polar surface area (TPSA) is 61.9 Å². The highest BCUT2D eigenvalue weighted by atomic mass is 35.5.